The summed E-state index contributed by atoms with van der Waals surface area (Å²) in [6, 6.07) is 2.13. The van der Waals surface area contributed by atoms with E-state index in [4.69, 9.17) is 5.26 Å². The minimum atomic E-state index is -0.132. The SMILES string of the molecule is N#CC1C=C(c2[nH]ncc2C=O)NC1. The average molecular weight is 188 g/mol. The van der Waals surface area contributed by atoms with Gasteiger partial charge in [-0.3, -0.25) is 9.89 Å². The molecule has 1 aromatic rings. The molecule has 2 heterocycles. The highest BCUT2D eigenvalue weighted by Gasteiger charge is 2.18. The summed E-state index contributed by atoms with van der Waals surface area (Å²) in [5.41, 5.74) is 1.93. The molecule has 5 nitrogen and oxygen atoms in total. The Labute approximate surface area is 80.4 Å². The van der Waals surface area contributed by atoms with Gasteiger partial charge in [0, 0.05) is 6.54 Å². The first-order chi connectivity index (χ1) is 6.85. The zero-order valence-electron chi connectivity index (χ0n) is 7.32. The van der Waals surface area contributed by atoms with Crippen LogP contribution in [-0.4, -0.2) is 23.0 Å². The molecule has 14 heavy (non-hydrogen) atoms. The molecule has 0 amide bonds. The molecule has 1 aliphatic heterocycles. The third-order valence-corrected chi connectivity index (χ3v) is 2.11. The van der Waals surface area contributed by atoms with Gasteiger partial charge in [-0.15, -0.1) is 0 Å². The summed E-state index contributed by atoms with van der Waals surface area (Å²) < 4.78 is 0. The van der Waals surface area contributed by atoms with Crippen LogP contribution in [-0.2, 0) is 0 Å². The van der Waals surface area contributed by atoms with Gasteiger partial charge in [-0.1, -0.05) is 0 Å². The molecule has 1 aliphatic rings. The van der Waals surface area contributed by atoms with E-state index < -0.39 is 0 Å². The monoisotopic (exact) mass is 188 g/mol. The molecule has 0 spiro atoms. The quantitative estimate of drug-likeness (QED) is 0.654. The standard InChI is InChI=1S/C9H8N4O/c10-2-6-1-8(11-3-6)9-7(5-14)4-12-13-9/h1,4-6,11H,3H2,(H,12,13). The van der Waals surface area contributed by atoms with Crippen LogP contribution in [0.1, 0.15) is 16.1 Å². The van der Waals surface area contributed by atoms with Crippen molar-refractivity contribution in [3.63, 3.8) is 0 Å². The van der Waals surface area contributed by atoms with Crippen LogP contribution in [0.4, 0.5) is 0 Å². The fourth-order valence-corrected chi connectivity index (χ4v) is 1.39. The summed E-state index contributed by atoms with van der Waals surface area (Å²) in [6.45, 7) is 0.586. The Bertz CT molecular complexity index is 426. The largest absolute Gasteiger partial charge is 0.382 e. The molecule has 1 aromatic heterocycles. The Morgan fingerprint density at radius 1 is 1.71 bits per heavy atom. The van der Waals surface area contributed by atoms with Gasteiger partial charge in [-0.25, -0.2) is 0 Å². The van der Waals surface area contributed by atoms with Crippen LogP contribution in [0.2, 0.25) is 0 Å². The summed E-state index contributed by atoms with van der Waals surface area (Å²) in [5.74, 6) is -0.132. The fraction of sp³-hybridized carbons (Fsp3) is 0.222. The van der Waals surface area contributed by atoms with Gasteiger partial charge < -0.3 is 5.32 Å². The zero-order chi connectivity index (χ0) is 9.97. The molecule has 0 saturated carbocycles. The summed E-state index contributed by atoms with van der Waals surface area (Å²) in [7, 11) is 0. The van der Waals surface area contributed by atoms with Gasteiger partial charge in [0.1, 0.15) is 0 Å². The van der Waals surface area contributed by atoms with Crippen molar-refractivity contribution in [2.45, 2.75) is 0 Å². The Balaban J connectivity index is 2.33. The van der Waals surface area contributed by atoms with Crippen LogP contribution in [0.25, 0.3) is 5.70 Å². The predicted molar refractivity (Wildman–Crippen MR) is 49.1 cm³/mol. The number of nitrogens with zero attached hydrogens (tertiary/aromatic N) is 2. The van der Waals surface area contributed by atoms with Crippen molar-refractivity contribution >= 4 is 12.0 Å². The normalized spacial score (nSPS) is 19.6. The lowest BCUT2D eigenvalue weighted by Gasteiger charge is -2.00. The molecule has 5 heteroatoms. The molecule has 0 aliphatic carbocycles. The highest BCUT2D eigenvalue weighted by molar-refractivity contribution is 5.83. The first-order valence-electron chi connectivity index (χ1n) is 4.19. The average Bonchev–Trinajstić information content (AvgIpc) is 2.85. The number of hydrogen-bond donors (Lipinski definition) is 2. The summed E-state index contributed by atoms with van der Waals surface area (Å²) in [4.78, 5) is 10.6. The van der Waals surface area contributed by atoms with Crippen molar-refractivity contribution in [3.05, 3.63) is 23.5 Å². The minimum absolute atomic E-state index is 0.132. The van der Waals surface area contributed by atoms with E-state index >= 15 is 0 Å². The maximum absolute atomic E-state index is 10.6. The Hall–Kier alpha value is -2.09. The molecule has 0 radical (unpaired) electrons. The Morgan fingerprint density at radius 3 is 3.21 bits per heavy atom. The van der Waals surface area contributed by atoms with Crippen molar-refractivity contribution in [1.29, 1.82) is 5.26 Å². The molecule has 0 fully saturated rings. The van der Waals surface area contributed by atoms with E-state index in [9.17, 15) is 4.79 Å². The van der Waals surface area contributed by atoms with E-state index in [1.807, 2.05) is 0 Å². The van der Waals surface area contributed by atoms with Crippen LogP contribution in [0.5, 0.6) is 0 Å². The molecule has 0 saturated heterocycles. The van der Waals surface area contributed by atoms with E-state index in [1.54, 1.807) is 6.08 Å². The van der Waals surface area contributed by atoms with E-state index in [0.29, 0.717) is 17.8 Å². The maximum Gasteiger partial charge on any atom is 0.153 e. The fourth-order valence-electron chi connectivity index (χ4n) is 1.39. The van der Waals surface area contributed by atoms with Gasteiger partial charge in [0.15, 0.2) is 6.29 Å². The number of aldehydes is 1. The number of H-pyrrole nitrogens is 1. The second-order valence-electron chi connectivity index (χ2n) is 3.02. The van der Waals surface area contributed by atoms with Crippen molar-refractivity contribution in [2.24, 2.45) is 5.92 Å². The molecule has 0 aromatic carbocycles. The number of carbonyl (C=O) groups excluding carboxylic acids is 1. The zero-order valence-corrected chi connectivity index (χ0v) is 7.32. The number of hydrogen-bond acceptors (Lipinski definition) is 4. The van der Waals surface area contributed by atoms with Gasteiger partial charge >= 0.3 is 0 Å². The van der Waals surface area contributed by atoms with Gasteiger partial charge in [0.2, 0.25) is 0 Å². The van der Waals surface area contributed by atoms with E-state index in [2.05, 4.69) is 21.6 Å². The van der Waals surface area contributed by atoms with E-state index in [0.717, 1.165) is 12.0 Å². The molecule has 70 valence electrons. The lowest BCUT2D eigenvalue weighted by atomic mass is 10.1. The van der Waals surface area contributed by atoms with Gasteiger partial charge in [-0.05, 0) is 6.08 Å². The van der Waals surface area contributed by atoms with Crippen molar-refractivity contribution in [2.75, 3.05) is 6.54 Å². The highest BCUT2D eigenvalue weighted by atomic mass is 16.1. The third kappa shape index (κ3) is 1.27. The van der Waals surface area contributed by atoms with Crippen molar-refractivity contribution in [3.8, 4) is 6.07 Å². The number of aromatic amines is 1. The molecule has 2 N–H and O–H groups in total. The second kappa shape index (κ2) is 3.34. The summed E-state index contributed by atoms with van der Waals surface area (Å²) in [5, 5.41) is 18.2. The molecule has 1 atom stereocenters. The van der Waals surface area contributed by atoms with E-state index in [1.165, 1.54) is 6.20 Å². The molecular formula is C9H8N4O. The third-order valence-electron chi connectivity index (χ3n) is 2.11. The predicted octanol–water partition coefficient (Wildman–Crippen LogP) is 0.306. The lowest BCUT2D eigenvalue weighted by molar-refractivity contribution is 0.112. The lowest BCUT2D eigenvalue weighted by Crippen LogP contribution is -2.11. The Kier molecular flexibility index (Phi) is 2.03. The van der Waals surface area contributed by atoms with Crippen LogP contribution < -0.4 is 5.32 Å². The summed E-state index contributed by atoms with van der Waals surface area (Å²) in [6.07, 6.45) is 3.99. The molecular weight excluding hydrogens is 180 g/mol. The Morgan fingerprint density at radius 2 is 2.57 bits per heavy atom. The maximum atomic E-state index is 10.6. The van der Waals surface area contributed by atoms with Crippen molar-refractivity contribution in [1.82, 2.24) is 15.5 Å². The first-order valence-corrected chi connectivity index (χ1v) is 4.19. The minimum Gasteiger partial charge on any atom is -0.382 e. The number of carbonyl (C=O) groups is 1. The van der Waals surface area contributed by atoms with Crippen LogP contribution in [0.3, 0.4) is 0 Å². The first kappa shape index (κ1) is 8.51. The number of nitrogens with one attached hydrogen (secondary N) is 2. The molecule has 1 unspecified atom stereocenters. The van der Waals surface area contributed by atoms with Crippen molar-refractivity contribution < 1.29 is 4.79 Å². The molecule has 0 bridgehead atoms. The van der Waals surface area contributed by atoms with Crippen LogP contribution in [0, 0.1) is 17.2 Å². The van der Waals surface area contributed by atoms with Gasteiger partial charge in [0.05, 0.1) is 35.1 Å². The van der Waals surface area contributed by atoms with E-state index in [-0.39, 0.29) is 5.92 Å². The van der Waals surface area contributed by atoms with Gasteiger partial charge in [-0.2, -0.15) is 10.4 Å². The number of rotatable bonds is 2. The summed E-state index contributed by atoms with van der Waals surface area (Å²) >= 11 is 0. The van der Waals surface area contributed by atoms with Crippen LogP contribution in [0.15, 0.2) is 12.3 Å². The topological polar surface area (TPSA) is 81.6 Å². The van der Waals surface area contributed by atoms with Gasteiger partial charge in [0.25, 0.3) is 0 Å². The molecule has 2 rings (SSSR count). The smallest absolute Gasteiger partial charge is 0.153 e. The van der Waals surface area contributed by atoms with Crippen LogP contribution >= 0.6 is 0 Å². The second-order valence-corrected chi connectivity index (χ2v) is 3.02. The number of nitriles is 1. The number of aromatic nitrogens is 2. The highest BCUT2D eigenvalue weighted by Crippen LogP contribution is 2.19.